The largest absolute Gasteiger partial charge is 0.419 e. The molecule has 4 saturated carbocycles. The molecule has 29 heavy (non-hydrogen) atoms. The van der Waals surface area contributed by atoms with E-state index in [0.717, 1.165) is 37.0 Å². The van der Waals surface area contributed by atoms with Crippen molar-refractivity contribution >= 4 is 11.7 Å². The van der Waals surface area contributed by atoms with Crippen LogP contribution in [0.4, 0.5) is 4.39 Å². The van der Waals surface area contributed by atoms with Gasteiger partial charge in [-0.1, -0.05) is 0 Å². The first-order valence-electron chi connectivity index (χ1n) is 10.8. The predicted octanol–water partition coefficient (Wildman–Crippen LogP) is 2.45. The molecule has 1 saturated heterocycles. The molecule has 4 aliphatic carbocycles. The molecule has 1 aromatic rings. The Balaban J connectivity index is 1.30. The molecule has 5 fully saturated rings. The van der Waals surface area contributed by atoms with E-state index in [4.69, 9.17) is 4.42 Å². The number of aromatic nitrogens is 2. The first-order valence-corrected chi connectivity index (χ1v) is 10.8. The average molecular weight is 404 g/mol. The van der Waals surface area contributed by atoms with Crippen LogP contribution in [0, 0.1) is 24.7 Å². The van der Waals surface area contributed by atoms with Crippen LogP contribution in [0.15, 0.2) is 4.42 Å². The Hall–Kier alpha value is -1.83. The van der Waals surface area contributed by atoms with E-state index in [-0.39, 0.29) is 42.7 Å². The number of alkyl halides is 1. The fourth-order valence-corrected chi connectivity index (χ4v) is 6.90. The minimum absolute atomic E-state index is 0.0449. The van der Waals surface area contributed by atoms with Gasteiger partial charge in [-0.3, -0.25) is 9.59 Å². The molecular weight excluding hydrogens is 375 g/mol. The first kappa shape index (κ1) is 19.2. The topological polar surface area (TPSA) is 88.3 Å². The standard InChI is InChI=1S/C21H29FN4O3/c1-12-24-25-19(29-12)18(28)20(2)9-16(22)11-26(20)17(27)10-23-21-6-13-3-14(7-21)5-15(4-13)8-21/h13-16,23H,3-11H2,1-2H3/t13?,14?,15?,16-,20?,21?/m0/s1. The van der Waals surface area contributed by atoms with Crippen molar-refractivity contribution in [2.24, 2.45) is 17.8 Å². The molecule has 1 aromatic heterocycles. The third-order valence-electron chi connectivity index (χ3n) is 7.76. The molecule has 2 atom stereocenters. The number of rotatable bonds is 5. The number of hydrogen-bond donors (Lipinski definition) is 1. The van der Waals surface area contributed by atoms with Crippen molar-refractivity contribution in [1.29, 1.82) is 0 Å². The zero-order chi connectivity index (χ0) is 20.4. The summed E-state index contributed by atoms with van der Waals surface area (Å²) in [6, 6.07) is 0. The maximum atomic E-state index is 14.3. The lowest BCUT2D eigenvalue weighted by Crippen LogP contribution is -2.61. The highest BCUT2D eigenvalue weighted by Crippen LogP contribution is 2.55. The van der Waals surface area contributed by atoms with Crippen LogP contribution in [0.3, 0.4) is 0 Å². The van der Waals surface area contributed by atoms with Gasteiger partial charge in [0.15, 0.2) is 0 Å². The Bertz CT molecular complexity index is 804. The molecule has 1 N–H and O–H groups in total. The third-order valence-corrected chi connectivity index (χ3v) is 7.76. The number of carbonyl (C=O) groups is 2. The van der Waals surface area contributed by atoms with Crippen molar-refractivity contribution in [2.75, 3.05) is 13.1 Å². The Morgan fingerprint density at radius 2 is 1.76 bits per heavy atom. The summed E-state index contributed by atoms with van der Waals surface area (Å²) in [7, 11) is 0. The van der Waals surface area contributed by atoms with Crippen molar-refractivity contribution in [1.82, 2.24) is 20.4 Å². The van der Waals surface area contributed by atoms with Crippen LogP contribution >= 0.6 is 0 Å². The molecule has 1 amide bonds. The van der Waals surface area contributed by atoms with E-state index in [2.05, 4.69) is 15.5 Å². The predicted molar refractivity (Wildman–Crippen MR) is 102 cm³/mol. The second-order valence-electron chi connectivity index (χ2n) is 10.1. The lowest BCUT2D eigenvalue weighted by Gasteiger charge is -2.57. The van der Waals surface area contributed by atoms with E-state index in [1.807, 2.05) is 0 Å². The molecule has 2 heterocycles. The number of nitrogens with zero attached hydrogens (tertiary/aromatic N) is 3. The molecule has 7 nitrogen and oxygen atoms in total. The second kappa shape index (κ2) is 6.59. The number of ketones is 1. The van der Waals surface area contributed by atoms with E-state index >= 15 is 0 Å². The maximum Gasteiger partial charge on any atom is 0.286 e. The van der Waals surface area contributed by atoms with Gasteiger partial charge in [0.1, 0.15) is 11.7 Å². The second-order valence-corrected chi connectivity index (χ2v) is 10.1. The van der Waals surface area contributed by atoms with Crippen LogP contribution < -0.4 is 5.32 Å². The smallest absolute Gasteiger partial charge is 0.286 e. The van der Waals surface area contributed by atoms with E-state index in [9.17, 15) is 14.0 Å². The summed E-state index contributed by atoms with van der Waals surface area (Å²) < 4.78 is 19.6. The number of carbonyl (C=O) groups excluding carboxylic acids is 2. The number of aryl methyl sites for hydroxylation is 1. The first-order chi connectivity index (χ1) is 13.8. The van der Waals surface area contributed by atoms with Crippen LogP contribution in [0.2, 0.25) is 0 Å². The van der Waals surface area contributed by atoms with Crippen molar-refractivity contribution in [3.05, 3.63) is 11.8 Å². The van der Waals surface area contributed by atoms with E-state index in [1.54, 1.807) is 13.8 Å². The summed E-state index contributed by atoms with van der Waals surface area (Å²) in [6.07, 6.45) is 6.12. The summed E-state index contributed by atoms with van der Waals surface area (Å²) in [6.45, 7) is 3.27. The molecule has 0 radical (unpaired) electrons. The van der Waals surface area contributed by atoms with Crippen LogP contribution in [0.5, 0.6) is 0 Å². The lowest BCUT2D eigenvalue weighted by molar-refractivity contribution is -0.134. The van der Waals surface area contributed by atoms with Crippen molar-refractivity contribution in [2.45, 2.75) is 76.0 Å². The monoisotopic (exact) mass is 404 g/mol. The molecule has 6 rings (SSSR count). The molecule has 1 unspecified atom stereocenters. The average Bonchev–Trinajstić information content (AvgIpc) is 3.21. The van der Waals surface area contributed by atoms with Gasteiger partial charge < -0.3 is 14.6 Å². The van der Waals surface area contributed by atoms with E-state index < -0.39 is 17.5 Å². The number of halogens is 1. The third kappa shape index (κ3) is 3.20. The Morgan fingerprint density at radius 1 is 1.14 bits per heavy atom. The highest BCUT2D eigenvalue weighted by atomic mass is 19.1. The van der Waals surface area contributed by atoms with Gasteiger partial charge >= 0.3 is 0 Å². The Morgan fingerprint density at radius 3 is 2.31 bits per heavy atom. The summed E-state index contributed by atoms with van der Waals surface area (Å²) in [5, 5.41) is 11.0. The summed E-state index contributed by atoms with van der Waals surface area (Å²) in [5.41, 5.74) is -1.25. The molecule has 8 heteroatoms. The van der Waals surface area contributed by atoms with Crippen LogP contribution in [-0.2, 0) is 4.79 Å². The van der Waals surface area contributed by atoms with Crippen LogP contribution in [0.25, 0.3) is 0 Å². The number of Topliss-reactive ketones (excluding diaryl/α,β-unsaturated/α-hetero) is 1. The fourth-order valence-electron chi connectivity index (χ4n) is 6.90. The Kier molecular flexibility index (Phi) is 4.35. The Labute approximate surface area is 169 Å². The summed E-state index contributed by atoms with van der Waals surface area (Å²) in [5.74, 6) is 1.73. The molecule has 0 spiro atoms. The minimum Gasteiger partial charge on any atom is -0.419 e. The number of likely N-dealkylation sites (tertiary alicyclic amines) is 1. The number of hydrogen-bond acceptors (Lipinski definition) is 6. The maximum absolute atomic E-state index is 14.3. The normalized spacial score (nSPS) is 40.6. The molecular formula is C21H29FN4O3. The van der Waals surface area contributed by atoms with Gasteiger partial charge in [-0.05, 0) is 63.2 Å². The van der Waals surface area contributed by atoms with Crippen molar-refractivity contribution in [3.8, 4) is 0 Å². The van der Waals surface area contributed by atoms with E-state index in [1.165, 1.54) is 24.2 Å². The highest BCUT2D eigenvalue weighted by molar-refractivity contribution is 6.02. The number of amides is 1. The van der Waals surface area contributed by atoms with Gasteiger partial charge in [0.2, 0.25) is 17.6 Å². The lowest BCUT2D eigenvalue weighted by atomic mass is 9.53. The van der Waals surface area contributed by atoms with E-state index in [0.29, 0.717) is 0 Å². The minimum atomic E-state index is -1.29. The summed E-state index contributed by atoms with van der Waals surface area (Å²) >= 11 is 0. The molecule has 158 valence electrons. The van der Waals surface area contributed by atoms with Gasteiger partial charge in [-0.2, -0.15) is 0 Å². The fraction of sp³-hybridized carbons (Fsp3) is 0.810. The van der Waals surface area contributed by atoms with Gasteiger partial charge in [0.05, 0.1) is 13.1 Å². The molecule has 0 aromatic carbocycles. The molecule has 5 aliphatic rings. The van der Waals surface area contributed by atoms with Gasteiger partial charge in [0, 0.05) is 18.9 Å². The SMILES string of the molecule is Cc1nnc(C(=O)C2(C)C[C@H](F)CN2C(=O)CNC23CC4CC(CC(C4)C2)C3)o1. The molecule has 4 bridgehead atoms. The number of nitrogens with one attached hydrogen (secondary N) is 1. The van der Waals surface area contributed by atoms with Crippen molar-refractivity contribution < 1.29 is 18.4 Å². The van der Waals surface area contributed by atoms with Crippen LogP contribution in [-0.4, -0.2) is 57.1 Å². The zero-order valence-electron chi connectivity index (χ0n) is 17.1. The van der Waals surface area contributed by atoms with Crippen molar-refractivity contribution in [3.63, 3.8) is 0 Å². The molecule has 1 aliphatic heterocycles. The zero-order valence-corrected chi connectivity index (χ0v) is 17.1. The quantitative estimate of drug-likeness (QED) is 0.759. The summed E-state index contributed by atoms with van der Waals surface area (Å²) in [4.78, 5) is 27.5. The van der Waals surface area contributed by atoms with Gasteiger partial charge in [-0.15, -0.1) is 10.2 Å². The van der Waals surface area contributed by atoms with Gasteiger partial charge in [-0.25, -0.2) is 4.39 Å². The van der Waals surface area contributed by atoms with Crippen LogP contribution in [0.1, 0.15) is 68.4 Å². The van der Waals surface area contributed by atoms with Gasteiger partial charge in [0.25, 0.3) is 5.89 Å². The highest BCUT2D eigenvalue weighted by Gasteiger charge is 2.53.